The average molecular weight is 607 g/mol. The molecule has 0 saturated carbocycles. The summed E-state index contributed by atoms with van der Waals surface area (Å²) in [6, 6.07) is 39.6. The van der Waals surface area contributed by atoms with E-state index in [1.165, 1.54) is 105 Å². The van der Waals surface area contributed by atoms with Crippen molar-refractivity contribution in [2.45, 2.75) is 24.2 Å². The van der Waals surface area contributed by atoms with Gasteiger partial charge < -0.3 is 0 Å². The second-order valence-corrected chi connectivity index (χ2v) is 14.2. The second kappa shape index (κ2) is 9.00. The summed E-state index contributed by atoms with van der Waals surface area (Å²) in [6.07, 6.45) is 19.8. The molecule has 3 atom stereocenters. The van der Waals surface area contributed by atoms with Crippen LogP contribution in [-0.2, 0) is 0 Å². The van der Waals surface area contributed by atoms with Crippen LogP contribution >= 0.6 is 0 Å². The Labute approximate surface area is 279 Å². The lowest BCUT2D eigenvalue weighted by Gasteiger charge is -2.25. The minimum atomic E-state index is 0.321. The van der Waals surface area contributed by atoms with Gasteiger partial charge in [0.05, 0.1) is 0 Å². The normalized spacial score (nSPS) is 19.9. The predicted octanol–water partition coefficient (Wildman–Crippen LogP) is 13.0. The van der Waals surface area contributed by atoms with Gasteiger partial charge in [0.25, 0.3) is 0 Å². The molecule has 0 radical (unpaired) electrons. The van der Waals surface area contributed by atoms with Crippen LogP contribution in [0.1, 0.15) is 40.9 Å². The number of hydrogen-bond acceptors (Lipinski definition) is 0. The molecule has 7 aromatic rings. The third-order valence-electron chi connectivity index (χ3n) is 12.0. The molecule has 48 heavy (non-hydrogen) atoms. The molecule has 222 valence electrons. The van der Waals surface area contributed by atoms with Gasteiger partial charge in [-0.1, -0.05) is 140 Å². The third-order valence-corrected chi connectivity index (χ3v) is 12.0. The Morgan fingerprint density at radius 1 is 0.438 bits per heavy atom. The van der Waals surface area contributed by atoms with E-state index in [0.717, 1.165) is 6.42 Å². The van der Waals surface area contributed by atoms with E-state index < -0.39 is 0 Å². The van der Waals surface area contributed by atoms with Crippen molar-refractivity contribution in [2.75, 3.05) is 0 Å². The van der Waals surface area contributed by atoms with Crippen LogP contribution in [0.25, 0.3) is 88.0 Å². The average Bonchev–Trinajstić information content (AvgIpc) is 3.78. The number of fused-ring (bicyclic) bond motifs is 10. The zero-order valence-corrected chi connectivity index (χ0v) is 26.4. The Balaban J connectivity index is 1.23. The molecule has 0 amide bonds. The van der Waals surface area contributed by atoms with Gasteiger partial charge in [0.2, 0.25) is 0 Å². The van der Waals surface area contributed by atoms with Crippen molar-refractivity contribution in [1.82, 2.24) is 0 Å². The maximum absolute atomic E-state index is 2.57. The molecule has 0 aromatic heterocycles. The number of allylic oxidation sites excluding steroid dienone is 8. The van der Waals surface area contributed by atoms with Gasteiger partial charge in [0.1, 0.15) is 0 Å². The Kier molecular flexibility index (Phi) is 4.76. The number of hydrogen-bond donors (Lipinski definition) is 0. The molecule has 0 N–H and O–H groups in total. The Morgan fingerprint density at radius 2 is 1.10 bits per heavy atom. The zero-order chi connectivity index (χ0) is 31.1. The molecule has 0 nitrogen and oxygen atoms in total. The molecule has 0 heteroatoms. The molecule has 7 aromatic carbocycles. The van der Waals surface area contributed by atoms with E-state index in [9.17, 15) is 0 Å². The summed E-state index contributed by atoms with van der Waals surface area (Å²) in [6.45, 7) is 0. The quantitative estimate of drug-likeness (QED) is 0.184. The lowest BCUT2D eigenvalue weighted by molar-refractivity contribution is 0.770. The van der Waals surface area contributed by atoms with Crippen molar-refractivity contribution in [3.63, 3.8) is 0 Å². The highest BCUT2D eigenvalue weighted by atomic mass is 14.4. The molecule has 0 bridgehead atoms. The molecule has 0 saturated heterocycles. The van der Waals surface area contributed by atoms with E-state index in [1.807, 2.05) is 0 Å². The van der Waals surface area contributed by atoms with Crippen molar-refractivity contribution < 1.29 is 0 Å². The lowest BCUT2D eigenvalue weighted by atomic mass is 9.78. The molecule has 0 aliphatic heterocycles. The van der Waals surface area contributed by atoms with E-state index in [-0.39, 0.29) is 0 Å². The minimum Gasteiger partial charge on any atom is -0.0836 e. The fourth-order valence-electron chi connectivity index (χ4n) is 10.2. The highest BCUT2D eigenvalue weighted by Gasteiger charge is 2.41. The fraction of sp³-hybridized carbons (Fsp3) is 0.0833. The largest absolute Gasteiger partial charge is 0.0836 e. The molecular formula is C48H30. The van der Waals surface area contributed by atoms with Gasteiger partial charge in [-0.25, -0.2) is 0 Å². The molecule has 3 unspecified atom stereocenters. The monoisotopic (exact) mass is 606 g/mol. The predicted molar refractivity (Wildman–Crippen MR) is 203 cm³/mol. The molecule has 5 aliphatic carbocycles. The summed E-state index contributed by atoms with van der Waals surface area (Å²) >= 11 is 0. The van der Waals surface area contributed by atoms with E-state index in [4.69, 9.17) is 0 Å². The summed E-state index contributed by atoms with van der Waals surface area (Å²) in [4.78, 5) is 0. The summed E-state index contributed by atoms with van der Waals surface area (Å²) in [5, 5.41) is 8.43. The Hall–Kier alpha value is -5.72. The fourth-order valence-corrected chi connectivity index (χ4v) is 10.2. The van der Waals surface area contributed by atoms with Crippen molar-refractivity contribution in [3.8, 4) is 55.6 Å². The van der Waals surface area contributed by atoms with Crippen LogP contribution in [0.15, 0.2) is 152 Å². The van der Waals surface area contributed by atoms with E-state index in [2.05, 4.69) is 152 Å². The summed E-state index contributed by atoms with van der Waals surface area (Å²) in [5.74, 6) is 0.984. The third kappa shape index (κ3) is 3.03. The smallest absolute Gasteiger partial charge is 0.0138 e. The van der Waals surface area contributed by atoms with E-state index >= 15 is 0 Å². The Morgan fingerprint density at radius 3 is 1.90 bits per heavy atom. The number of rotatable bonds is 2. The van der Waals surface area contributed by atoms with Gasteiger partial charge in [-0.05, 0) is 123 Å². The SMILES string of the molecule is C1=CCC(c2c3c(c4c5c(cc(-c6ccc7c8c(cccc68)-c6ccccc6-7)cc25)C2C=CC=CC42)-c2cccc4cccc-3c24)C=C1. The summed E-state index contributed by atoms with van der Waals surface area (Å²) in [7, 11) is 0. The van der Waals surface area contributed by atoms with Crippen LogP contribution in [0.3, 0.4) is 0 Å². The van der Waals surface area contributed by atoms with Crippen molar-refractivity contribution in [1.29, 1.82) is 0 Å². The molecule has 5 aliphatic rings. The first-order valence-electron chi connectivity index (χ1n) is 17.4. The first kappa shape index (κ1) is 25.4. The lowest BCUT2D eigenvalue weighted by Crippen LogP contribution is -2.05. The van der Waals surface area contributed by atoms with E-state index in [1.54, 1.807) is 0 Å². The maximum Gasteiger partial charge on any atom is 0.0138 e. The van der Waals surface area contributed by atoms with Gasteiger partial charge >= 0.3 is 0 Å². The van der Waals surface area contributed by atoms with Gasteiger partial charge in [-0.15, -0.1) is 0 Å². The zero-order valence-electron chi connectivity index (χ0n) is 26.4. The van der Waals surface area contributed by atoms with Gasteiger partial charge in [-0.3, -0.25) is 0 Å². The summed E-state index contributed by atoms with van der Waals surface area (Å²) < 4.78 is 0. The van der Waals surface area contributed by atoms with Crippen LogP contribution in [0.4, 0.5) is 0 Å². The topological polar surface area (TPSA) is 0 Å². The van der Waals surface area contributed by atoms with Crippen LogP contribution in [0, 0.1) is 0 Å². The second-order valence-electron chi connectivity index (χ2n) is 14.2. The summed E-state index contributed by atoms with van der Waals surface area (Å²) in [5.41, 5.74) is 18.4. The molecular weight excluding hydrogens is 577 g/mol. The first-order valence-corrected chi connectivity index (χ1v) is 17.4. The number of benzene rings is 7. The molecule has 0 heterocycles. The van der Waals surface area contributed by atoms with Gasteiger partial charge in [0, 0.05) is 17.8 Å². The van der Waals surface area contributed by atoms with E-state index in [0.29, 0.717) is 17.8 Å². The highest BCUT2D eigenvalue weighted by Crippen LogP contribution is 2.62. The standard InChI is InChI=1S/C48H30/c1-2-11-28(12-3-1)43-41-26-29(30-23-24-37-32-16-5-4-15-31(32)35-20-10-19-34(30)44(35)37)25-40-33-17-6-7-18-36(33)46(45(40)41)48-39-22-9-14-27-13-8-21-38(42(27)39)47(43)48/h1-11,13-26,28,33,36H,12H2. The minimum absolute atomic E-state index is 0.321. The van der Waals surface area contributed by atoms with Crippen molar-refractivity contribution in [2.24, 2.45) is 0 Å². The van der Waals surface area contributed by atoms with Crippen LogP contribution in [-0.4, -0.2) is 0 Å². The maximum atomic E-state index is 2.57. The van der Waals surface area contributed by atoms with Crippen LogP contribution in [0.2, 0.25) is 0 Å². The van der Waals surface area contributed by atoms with Crippen LogP contribution in [0.5, 0.6) is 0 Å². The molecule has 0 fully saturated rings. The van der Waals surface area contributed by atoms with Crippen LogP contribution < -0.4 is 0 Å². The molecule has 12 rings (SSSR count). The van der Waals surface area contributed by atoms with Gasteiger partial charge in [0.15, 0.2) is 0 Å². The Bertz CT molecular complexity index is 2730. The van der Waals surface area contributed by atoms with Crippen molar-refractivity contribution >= 4 is 32.3 Å². The highest BCUT2D eigenvalue weighted by molar-refractivity contribution is 6.23. The molecule has 0 spiro atoms. The first-order chi connectivity index (χ1) is 23.8. The van der Waals surface area contributed by atoms with Crippen molar-refractivity contribution in [3.05, 3.63) is 168 Å². The van der Waals surface area contributed by atoms with Gasteiger partial charge in [-0.2, -0.15) is 0 Å².